The lowest BCUT2D eigenvalue weighted by Gasteiger charge is -2.28. The summed E-state index contributed by atoms with van der Waals surface area (Å²) < 4.78 is 4.77. The minimum absolute atomic E-state index is 0.572. The Morgan fingerprint density at radius 1 is 1.64 bits per heavy atom. The molecule has 1 fully saturated rings. The lowest BCUT2D eigenvalue weighted by atomic mass is 10.0. The van der Waals surface area contributed by atoms with Gasteiger partial charge in [-0.1, -0.05) is 5.16 Å². The molecular weight excluding hydrogens is 178 g/mol. The van der Waals surface area contributed by atoms with E-state index in [1.165, 1.54) is 12.8 Å². The molecule has 2 atom stereocenters. The van der Waals surface area contributed by atoms with Crippen LogP contribution in [0.3, 0.4) is 0 Å². The van der Waals surface area contributed by atoms with Gasteiger partial charge in [0.1, 0.15) is 6.26 Å². The molecule has 1 saturated heterocycles. The van der Waals surface area contributed by atoms with Crippen LogP contribution >= 0.6 is 0 Å². The molecule has 1 aliphatic rings. The topological polar surface area (TPSA) is 50.1 Å². The first-order valence-electron chi connectivity index (χ1n) is 5.20. The van der Waals surface area contributed by atoms with Gasteiger partial charge in [0.05, 0.1) is 5.69 Å². The largest absolute Gasteiger partial charge is 0.364 e. The van der Waals surface area contributed by atoms with Gasteiger partial charge in [-0.25, -0.2) is 0 Å². The van der Waals surface area contributed by atoms with Gasteiger partial charge in [0.15, 0.2) is 0 Å². The van der Waals surface area contributed by atoms with Crippen LogP contribution in [0.5, 0.6) is 0 Å². The maximum Gasteiger partial charge on any atom is 0.124 e. The van der Waals surface area contributed by atoms with Gasteiger partial charge in [-0.2, -0.15) is 0 Å². The van der Waals surface area contributed by atoms with Crippen LogP contribution < -0.4 is 10.6 Å². The van der Waals surface area contributed by atoms with Gasteiger partial charge in [-0.15, -0.1) is 0 Å². The predicted molar refractivity (Wildman–Crippen MR) is 53.8 cm³/mol. The summed E-state index contributed by atoms with van der Waals surface area (Å²) in [7, 11) is 0. The third kappa shape index (κ3) is 2.56. The van der Waals surface area contributed by atoms with E-state index in [4.69, 9.17) is 4.52 Å². The zero-order valence-corrected chi connectivity index (χ0v) is 8.49. The third-order valence-corrected chi connectivity index (χ3v) is 2.72. The van der Waals surface area contributed by atoms with Gasteiger partial charge < -0.3 is 15.2 Å². The van der Waals surface area contributed by atoms with Crippen molar-refractivity contribution in [1.29, 1.82) is 0 Å². The molecule has 2 N–H and O–H groups in total. The lowest BCUT2D eigenvalue weighted by molar-refractivity contribution is 0.333. The molecule has 2 rings (SSSR count). The van der Waals surface area contributed by atoms with Crippen molar-refractivity contribution in [2.45, 2.75) is 38.4 Å². The summed E-state index contributed by atoms with van der Waals surface area (Å²) in [6, 6.07) is 3.13. The molecule has 0 amide bonds. The molecule has 2 heterocycles. The molecule has 0 bridgehead atoms. The van der Waals surface area contributed by atoms with Crippen LogP contribution in [0, 0.1) is 0 Å². The Labute approximate surface area is 84.0 Å². The van der Waals surface area contributed by atoms with E-state index in [0.29, 0.717) is 12.1 Å². The minimum Gasteiger partial charge on any atom is -0.364 e. The van der Waals surface area contributed by atoms with E-state index >= 15 is 0 Å². The summed E-state index contributed by atoms with van der Waals surface area (Å²) in [5.74, 6) is 0. The Balaban J connectivity index is 1.71. The Hall–Kier alpha value is -0.870. The summed E-state index contributed by atoms with van der Waals surface area (Å²) in [6.45, 7) is 4.09. The third-order valence-electron chi connectivity index (χ3n) is 2.72. The van der Waals surface area contributed by atoms with Crippen LogP contribution in [0.25, 0.3) is 0 Å². The first-order chi connectivity index (χ1) is 6.84. The number of nitrogens with zero attached hydrogens (tertiary/aromatic N) is 1. The highest BCUT2D eigenvalue weighted by molar-refractivity contribution is 4.95. The second kappa shape index (κ2) is 4.57. The Bertz CT molecular complexity index is 252. The van der Waals surface area contributed by atoms with Crippen molar-refractivity contribution < 1.29 is 4.52 Å². The summed E-state index contributed by atoms with van der Waals surface area (Å²) in [6.07, 6.45) is 4.10. The standard InChI is InChI=1S/C10H17N3O/c1-8-2-3-9(6-11-8)12-7-10-4-5-14-13-10/h4-5,8-9,11-12H,2-3,6-7H2,1H3. The lowest BCUT2D eigenvalue weighted by Crippen LogP contribution is -2.46. The van der Waals surface area contributed by atoms with E-state index in [9.17, 15) is 0 Å². The second-order valence-corrected chi connectivity index (χ2v) is 3.96. The van der Waals surface area contributed by atoms with Crippen molar-refractivity contribution in [3.63, 3.8) is 0 Å². The molecule has 0 aromatic carbocycles. The van der Waals surface area contributed by atoms with E-state index < -0.39 is 0 Å². The predicted octanol–water partition coefficient (Wildman–Crippen LogP) is 0.905. The summed E-state index contributed by atoms with van der Waals surface area (Å²) in [5, 5.41) is 10.8. The molecule has 0 spiro atoms. The Kier molecular flexibility index (Phi) is 3.16. The Morgan fingerprint density at radius 3 is 3.21 bits per heavy atom. The molecule has 1 aromatic rings. The second-order valence-electron chi connectivity index (χ2n) is 3.96. The molecule has 4 nitrogen and oxygen atoms in total. The van der Waals surface area contributed by atoms with Crippen molar-refractivity contribution in [3.05, 3.63) is 18.0 Å². The maximum absolute atomic E-state index is 4.77. The highest BCUT2D eigenvalue weighted by atomic mass is 16.5. The van der Waals surface area contributed by atoms with E-state index in [2.05, 4.69) is 22.7 Å². The fourth-order valence-electron chi connectivity index (χ4n) is 1.75. The first kappa shape index (κ1) is 9.68. The van der Waals surface area contributed by atoms with Crippen molar-refractivity contribution in [1.82, 2.24) is 15.8 Å². The number of aromatic nitrogens is 1. The number of nitrogens with one attached hydrogen (secondary N) is 2. The monoisotopic (exact) mass is 195 g/mol. The van der Waals surface area contributed by atoms with E-state index in [1.54, 1.807) is 6.26 Å². The normalized spacial score (nSPS) is 27.8. The zero-order valence-electron chi connectivity index (χ0n) is 8.49. The highest BCUT2D eigenvalue weighted by Crippen LogP contribution is 2.07. The summed E-state index contributed by atoms with van der Waals surface area (Å²) in [4.78, 5) is 0. The molecular formula is C10H17N3O. The SMILES string of the molecule is CC1CCC(NCc2ccon2)CN1. The van der Waals surface area contributed by atoms with E-state index in [1.807, 2.05) is 6.07 Å². The zero-order chi connectivity index (χ0) is 9.80. The quantitative estimate of drug-likeness (QED) is 0.752. The molecule has 14 heavy (non-hydrogen) atoms. The molecule has 4 heteroatoms. The molecule has 1 aliphatic heterocycles. The molecule has 2 unspecified atom stereocenters. The molecule has 1 aromatic heterocycles. The van der Waals surface area contributed by atoms with Crippen LogP contribution in [-0.2, 0) is 6.54 Å². The van der Waals surface area contributed by atoms with Crippen LogP contribution in [0.1, 0.15) is 25.5 Å². The highest BCUT2D eigenvalue weighted by Gasteiger charge is 2.16. The van der Waals surface area contributed by atoms with Crippen LogP contribution in [0.15, 0.2) is 16.9 Å². The van der Waals surface area contributed by atoms with Gasteiger partial charge in [-0.3, -0.25) is 0 Å². The fraction of sp³-hybridized carbons (Fsp3) is 0.700. The van der Waals surface area contributed by atoms with Crippen molar-refractivity contribution >= 4 is 0 Å². The minimum atomic E-state index is 0.572. The average Bonchev–Trinajstić information content (AvgIpc) is 2.70. The van der Waals surface area contributed by atoms with Crippen molar-refractivity contribution in [3.8, 4) is 0 Å². The van der Waals surface area contributed by atoms with Gasteiger partial charge in [0.2, 0.25) is 0 Å². The molecule has 78 valence electrons. The van der Waals surface area contributed by atoms with Gasteiger partial charge in [-0.05, 0) is 19.8 Å². The molecule has 0 saturated carbocycles. The fourth-order valence-corrected chi connectivity index (χ4v) is 1.75. The van der Waals surface area contributed by atoms with Gasteiger partial charge in [0.25, 0.3) is 0 Å². The summed E-state index contributed by atoms with van der Waals surface area (Å²) in [5.41, 5.74) is 0.976. The van der Waals surface area contributed by atoms with Crippen molar-refractivity contribution in [2.75, 3.05) is 6.54 Å². The average molecular weight is 195 g/mol. The molecule has 0 aliphatic carbocycles. The van der Waals surface area contributed by atoms with Crippen molar-refractivity contribution in [2.24, 2.45) is 0 Å². The number of rotatable bonds is 3. The number of piperidine rings is 1. The Morgan fingerprint density at radius 2 is 2.57 bits per heavy atom. The van der Waals surface area contributed by atoms with E-state index in [0.717, 1.165) is 18.8 Å². The van der Waals surface area contributed by atoms with Gasteiger partial charge >= 0.3 is 0 Å². The maximum atomic E-state index is 4.77. The summed E-state index contributed by atoms with van der Waals surface area (Å²) >= 11 is 0. The smallest absolute Gasteiger partial charge is 0.124 e. The number of hydrogen-bond acceptors (Lipinski definition) is 4. The number of hydrogen-bond donors (Lipinski definition) is 2. The van der Waals surface area contributed by atoms with Crippen LogP contribution in [-0.4, -0.2) is 23.8 Å². The first-order valence-corrected chi connectivity index (χ1v) is 5.20. The van der Waals surface area contributed by atoms with Crippen LogP contribution in [0.4, 0.5) is 0 Å². The van der Waals surface area contributed by atoms with Crippen LogP contribution in [0.2, 0.25) is 0 Å². The molecule has 0 radical (unpaired) electrons. The van der Waals surface area contributed by atoms with Gasteiger partial charge in [0, 0.05) is 31.2 Å². The van der Waals surface area contributed by atoms with E-state index in [-0.39, 0.29) is 0 Å².